The van der Waals surface area contributed by atoms with E-state index >= 15 is 0 Å². The number of aromatic nitrogens is 4. The summed E-state index contributed by atoms with van der Waals surface area (Å²) in [7, 11) is 1.97. The lowest BCUT2D eigenvalue weighted by Gasteiger charge is -2.14. The lowest BCUT2D eigenvalue weighted by Crippen LogP contribution is -2.21. The fraction of sp³-hybridized carbons (Fsp3) is 0.545. The summed E-state index contributed by atoms with van der Waals surface area (Å²) in [5.74, 6) is 1.01. The van der Waals surface area contributed by atoms with E-state index in [1.165, 1.54) is 4.88 Å². The van der Waals surface area contributed by atoms with Crippen molar-refractivity contribution in [2.24, 2.45) is 0 Å². The fourth-order valence-corrected chi connectivity index (χ4v) is 2.78. The van der Waals surface area contributed by atoms with Gasteiger partial charge in [0.1, 0.15) is 12.2 Å². The Labute approximate surface area is 105 Å². The van der Waals surface area contributed by atoms with Gasteiger partial charge in [0.05, 0.1) is 17.2 Å². The van der Waals surface area contributed by atoms with Crippen LogP contribution in [0.5, 0.6) is 0 Å². The third-order valence-corrected chi connectivity index (χ3v) is 3.87. The van der Waals surface area contributed by atoms with Crippen LogP contribution in [0.15, 0.2) is 11.8 Å². The summed E-state index contributed by atoms with van der Waals surface area (Å²) in [5.41, 5.74) is 2.98. The van der Waals surface area contributed by atoms with Gasteiger partial charge in [0.25, 0.3) is 0 Å². The first-order chi connectivity index (χ1) is 8.26. The summed E-state index contributed by atoms with van der Waals surface area (Å²) in [6.45, 7) is 4.97. The van der Waals surface area contributed by atoms with Gasteiger partial charge in [-0.25, -0.2) is 9.97 Å². The highest BCUT2D eigenvalue weighted by Crippen LogP contribution is 2.24. The third kappa shape index (κ3) is 2.53. The smallest absolute Gasteiger partial charge is 0.138 e. The van der Waals surface area contributed by atoms with Crippen molar-refractivity contribution in [3.63, 3.8) is 0 Å². The number of hydrogen-bond donors (Lipinski definition) is 1. The van der Waals surface area contributed by atoms with Crippen molar-refractivity contribution in [3.8, 4) is 0 Å². The maximum atomic E-state index is 4.31. The first-order valence-corrected chi connectivity index (χ1v) is 6.58. The van der Waals surface area contributed by atoms with Gasteiger partial charge in [-0.2, -0.15) is 5.10 Å². The molecule has 2 aromatic rings. The molecule has 6 heteroatoms. The van der Waals surface area contributed by atoms with Gasteiger partial charge in [0, 0.05) is 17.8 Å². The molecule has 0 aliphatic carbocycles. The molecule has 5 nitrogen and oxygen atoms in total. The number of likely N-dealkylation sites (N-methyl/N-ethyl adjacent to an activating group) is 1. The molecule has 0 bridgehead atoms. The van der Waals surface area contributed by atoms with Crippen LogP contribution in [0.25, 0.3) is 0 Å². The molecule has 0 radical (unpaired) electrons. The van der Waals surface area contributed by atoms with Crippen molar-refractivity contribution in [1.29, 1.82) is 0 Å². The van der Waals surface area contributed by atoms with Gasteiger partial charge in [-0.3, -0.25) is 4.68 Å². The Morgan fingerprint density at radius 1 is 1.47 bits per heavy atom. The van der Waals surface area contributed by atoms with E-state index in [2.05, 4.69) is 27.3 Å². The molecule has 2 rings (SSSR count). The number of aryl methyl sites for hydroxylation is 2. The van der Waals surface area contributed by atoms with Gasteiger partial charge in [0.2, 0.25) is 0 Å². The molecule has 17 heavy (non-hydrogen) atoms. The lowest BCUT2D eigenvalue weighted by molar-refractivity contribution is 0.537. The summed E-state index contributed by atoms with van der Waals surface area (Å²) in [6.07, 6.45) is 2.46. The number of nitrogens with zero attached hydrogens (tertiary/aromatic N) is 4. The maximum absolute atomic E-state index is 4.31. The Hall–Kier alpha value is -1.27. The first kappa shape index (κ1) is 12.2. The van der Waals surface area contributed by atoms with Gasteiger partial charge in [-0.15, -0.1) is 11.3 Å². The molecule has 0 aromatic carbocycles. The minimum atomic E-state index is 0.261. The Morgan fingerprint density at radius 2 is 2.29 bits per heavy atom. The largest absolute Gasteiger partial charge is 0.312 e. The Bertz CT molecular complexity index is 476. The second-order valence-corrected chi connectivity index (χ2v) is 4.73. The molecule has 0 aliphatic heterocycles. The molecule has 2 aromatic heterocycles. The van der Waals surface area contributed by atoms with Gasteiger partial charge in [-0.05, 0) is 20.9 Å². The average molecular weight is 251 g/mol. The zero-order valence-electron chi connectivity index (χ0n) is 10.3. The van der Waals surface area contributed by atoms with E-state index in [1.807, 2.05) is 24.2 Å². The predicted octanol–water partition coefficient (Wildman–Crippen LogP) is 1.57. The van der Waals surface area contributed by atoms with E-state index in [4.69, 9.17) is 0 Å². The van der Waals surface area contributed by atoms with Crippen molar-refractivity contribution >= 4 is 11.3 Å². The normalized spacial score (nSPS) is 12.9. The van der Waals surface area contributed by atoms with Crippen LogP contribution < -0.4 is 5.32 Å². The second-order valence-electron chi connectivity index (χ2n) is 3.84. The van der Waals surface area contributed by atoms with E-state index in [0.717, 1.165) is 24.5 Å². The zero-order chi connectivity index (χ0) is 12.3. The quantitative estimate of drug-likeness (QED) is 0.876. The van der Waals surface area contributed by atoms with Crippen LogP contribution in [0.2, 0.25) is 0 Å². The molecule has 0 saturated heterocycles. The predicted molar refractivity (Wildman–Crippen MR) is 68.1 cm³/mol. The minimum Gasteiger partial charge on any atom is -0.312 e. The van der Waals surface area contributed by atoms with Crippen molar-refractivity contribution in [1.82, 2.24) is 25.1 Å². The molecular formula is C11H17N5S. The fourth-order valence-electron chi connectivity index (χ4n) is 1.86. The molecule has 0 aliphatic rings. The van der Waals surface area contributed by atoms with Crippen LogP contribution in [0.3, 0.4) is 0 Å². The number of rotatable bonds is 5. The van der Waals surface area contributed by atoms with E-state index < -0.39 is 0 Å². The molecular weight excluding hydrogens is 234 g/mol. The topological polar surface area (TPSA) is 55.6 Å². The number of nitrogens with one attached hydrogen (secondary N) is 1. The highest BCUT2D eigenvalue weighted by molar-refractivity contribution is 7.09. The highest BCUT2D eigenvalue weighted by Gasteiger charge is 2.17. The number of hydrogen-bond acceptors (Lipinski definition) is 5. The molecule has 1 atom stereocenters. The Kier molecular flexibility index (Phi) is 3.86. The third-order valence-electron chi connectivity index (χ3n) is 2.83. The van der Waals surface area contributed by atoms with Gasteiger partial charge >= 0.3 is 0 Å². The van der Waals surface area contributed by atoms with Crippen LogP contribution in [-0.4, -0.2) is 26.8 Å². The molecule has 0 spiro atoms. The Balaban J connectivity index is 2.19. The summed E-state index contributed by atoms with van der Waals surface area (Å²) >= 11 is 1.69. The minimum absolute atomic E-state index is 0.261. The van der Waals surface area contributed by atoms with Crippen molar-refractivity contribution < 1.29 is 0 Å². The monoisotopic (exact) mass is 251 g/mol. The highest BCUT2D eigenvalue weighted by atomic mass is 32.1. The van der Waals surface area contributed by atoms with Gasteiger partial charge in [-0.1, -0.05) is 0 Å². The summed E-state index contributed by atoms with van der Waals surface area (Å²) in [6, 6.07) is 0.261. The van der Waals surface area contributed by atoms with Crippen LogP contribution >= 0.6 is 11.3 Å². The van der Waals surface area contributed by atoms with Crippen LogP contribution in [0.4, 0.5) is 0 Å². The average Bonchev–Trinajstić information content (AvgIpc) is 2.94. The van der Waals surface area contributed by atoms with Crippen LogP contribution in [-0.2, 0) is 13.0 Å². The van der Waals surface area contributed by atoms with E-state index in [1.54, 1.807) is 17.7 Å². The summed E-state index contributed by atoms with van der Waals surface area (Å²) in [5, 5.41) is 7.52. The lowest BCUT2D eigenvalue weighted by atomic mass is 10.1. The molecule has 0 fully saturated rings. The Morgan fingerprint density at radius 3 is 2.88 bits per heavy atom. The van der Waals surface area contributed by atoms with Gasteiger partial charge < -0.3 is 5.32 Å². The molecule has 0 saturated carbocycles. The zero-order valence-corrected chi connectivity index (χ0v) is 11.2. The first-order valence-electron chi connectivity index (χ1n) is 5.70. The van der Waals surface area contributed by atoms with E-state index in [-0.39, 0.29) is 6.04 Å². The van der Waals surface area contributed by atoms with Crippen LogP contribution in [0.1, 0.15) is 29.4 Å². The van der Waals surface area contributed by atoms with Gasteiger partial charge in [0.15, 0.2) is 0 Å². The van der Waals surface area contributed by atoms with Crippen LogP contribution in [0, 0.1) is 6.92 Å². The van der Waals surface area contributed by atoms with Crippen molar-refractivity contribution in [2.75, 3.05) is 7.05 Å². The second kappa shape index (κ2) is 5.37. The summed E-state index contributed by atoms with van der Waals surface area (Å²) in [4.78, 5) is 9.88. The maximum Gasteiger partial charge on any atom is 0.138 e. The molecule has 1 N–H and O–H groups in total. The summed E-state index contributed by atoms with van der Waals surface area (Å²) < 4.78 is 1.93. The number of thiazole rings is 1. The molecule has 2 heterocycles. The standard InChI is InChI=1S/C11H17N5S/c1-4-16-10(13-6-15-16)5-9(12-3)11-8(2)14-7-17-11/h6-7,9,12H,4-5H2,1-3H3. The molecule has 1 unspecified atom stereocenters. The SMILES string of the molecule is CCn1ncnc1CC(NC)c1scnc1C. The molecule has 92 valence electrons. The van der Waals surface area contributed by atoms with Crippen molar-refractivity contribution in [3.05, 3.63) is 28.2 Å². The van der Waals surface area contributed by atoms with Crippen molar-refractivity contribution in [2.45, 2.75) is 32.9 Å². The van der Waals surface area contributed by atoms with E-state index in [9.17, 15) is 0 Å². The molecule has 0 amide bonds. The van der Waals surface area contributed by atoms with E-state index in [0.29, 0.717) is 0 Å².